The van der Waals surface area contributed by atoms with Gasteiger partial charge >= 0.3 is 0 Å². The molecule has 1 N–H and O–H groups in total. The summed E-state index contributed by atoms with van der Waals surface area (Å²) in [5, 5.41) is 5.42. The topological polar surface area (TPSA) is 46.8 Å². The van der Waals surface area contributed by atoms with Crippen LogP contribution in [0, 0.1) is 0 Å². The van der Waals surface area contributed by atoms with Crippen LogP contribution in [0.4, 0.5) is 0 Å². The highest BCUT2D eigenvalue weighted by Crippen LogP contribution is 2.37. The molecule has 22 heavy (non-hydrogen) atoms. The average molecular weight is 292 g/mol. The van der Waals surface area contributed by atoms with Crippen molar-refractivity contribution in [3.05, 3.63) is 54.5 Å². The molecule has 0 unspecified atom stereocenters. The Bertz CT molecular complexity index is 864. The summed E-state index contributed by atoms with van der Waals surface area (Å²) in [6, 6.07) is 14.2. The summed E-state index contributed by atoms with van der Waals surface area (Å²) in [5.41, 5.74) is 2.15. The number of ether oxygens (including phenoxy) is 1. The predicted octanol–water partition coefficient (Wildman–Crippen LogP) is 3.46. The molecule has 4 nitrogen and oxygen atoms in total. The van der Waals surface area contributed by atoms with Gasteiger partial charge in [-0.05, 0) is 11.6 Å². The van der Waals surface area contributed by atoms with Crippen LogP contribution >= 0.6 is 0 Å². The molecule has 1 aliphatic heterocycles. The van der Waals surface area contributed by atoms with Gasteiger partial charge in [-0.15, -0.1) is 0 Å². The summed E-state index contributed by atoms with van der Waals surface area (Å²) < 4.78 is 11.3. The smallest absolute Gasteiger partial charge is 0.176 e. The van der Waals surface area contributed by atoms with Crippen molar-refractivity contribution in [1.82, 2.24) is 5.32 Å². The predicted molar refractivity (Wildman–Crippen MR) is 87.6 cm³/mol. The molecule has 0 aliphatic carbocycles. The highest BCUT2D eigenvalue weighted by atomic mass is 16.5. The normalized spacial score (nSPS) is 14.0. The zero-order valence-corrected chi connectivity index (χ0v) is 12.3. The fourth-order valence-corrected chi connectivity index (χ4v) is 2.92. The first-order chi connectivity index (χ1) is 10.9. The van der Waals surface area contributed by atoms with Gasteiger partial charge in [0.2, 0.25) is 0 Å². The Morgan fingerprint density at radius 3 is 2.77 bits per heavy atom. The first-order valence-electron chi connectivity index (χ1n) is 7.31. The van der Waals surface area contributed by atoms with Crippen molar-refractivity contribution in [2.75, 3.05) is 20.2 Å². The Labute approximate surface area is 128 Å². The van der Waals surface area contributed by atoms with E-state index in [1.54, 1.807) is 13.4 Å². The number of para-hydroxylation sites is 1. The molecule has 0 saturated heterocycles. The minimum atomic E-state index is 0.786. The molecule has 4 rings (SSSR count). The molecular weight excluding hydrogens is 276 g/mol. The summed E-state index contributed by atoms with van der Waals surface area (Å²) in [6.07, 6.45) is 1.78. The van der Waals surface area contributed by atoms with Gasteiger partial charge < -0.3 is 14.5 Å². The Morgan fingerprint density at radius 2 is 1.95 bits per heavy atom. The van der Waals surface area contributed by atoms with E-state index in [-0.39, 0.29) is 0 Å². The number of methoxy groups -OCH3 is 1. The number of nitrogens with one attached hydrogen (secondary N) is 1. The number of furan rings is 1. The maximum atomic E-state index is 5.80. The molecule has 2 aromatic carbocycles. The number of hydrogen-bond donors (Lipinski definition) is 1. The van der Waals surface area contributed by atoms with Crippen LogP contribution in [0.3, 0.4) is 0 Å². The third-order valence-electron chi connectivity index (χ3n) is 3.91. The van der Waals surface area contributed by atoms with Crippen molar-refractivity contribution < 1.29 is 9.15 Å². The second-order valence-corrected chi connectivity index (χ2v) is 5.19. The van der Waals surface area contributed by atoms with Crippen LogP contribution in [-0.2, 0) is 0 Å². The molecule has 0 fully saturated rings. The van der Waals surface area contributed by atoms with Gasteiger partial charge in [-0.25, -0.2) is 0 Å². The van der Waals surface area contributed by atoms with E-state index in [1.807, 2.05) is 24.3 Å². The molecule has 1 aromatic heterocycles. The summed E-state index contributed by atoms with van der Waals surface area (Å²) in [6.45, 7) is 1.64. The van der Waals surface area contributed by atoms with Crippen LogP contribution in [0.25, 0.3) is 21.9 Å². The lowest BCUT2D eigenvalue weighted by Gasteiger charge is -2.10. The SMILES string of the molecule is COc1ccccc1-c1cccc2coc(C3=NCCN3)c12. The maximum absolute atomic E-state index is 5.80. The molecule has 0 bridgehead atoms. The molecule has 1 aliphatic rings. The fraction of sp³-hybridized carbons (Fsp3) is 0.167. The number of aliphatic imine (C=N–C) groups is 1. The number of benzene rings is 2. The molecule has 110 valence electrons. The van der Waals surface area contributed by atoms with E-state index in [0.29, 0.717) is 0 Å². The van der Waals surface area contributed by atoms with Crippen LogP contribution in [0.2, 0.25) is 0 Å². The average Bonchev–Trinajstić information content (AvgIpc) is 3.23. The number of hydrogen-bond acceptors (Lipinski definition) is 4. The van der Waals surface area contributed by atoms with Crippen LogP contribution in [0.1, 0.15) is 5.76 Å². The van der Waals surface area contributed by atoms with Gasteiger partial charge in [0, 0.05) is 22.9 Å². The van der Waals surface area contributed by atoms with Gasteiger partial charge in [0.25, 0.3) is 0 Å². The Balaban J connectivity index is 2.00. The zero-order chi connectivity index (χ0) is 14.9. The largest absolute Gasteiger partial charge is 0.496 e. The van der Waals surface area contributed by atoms with Crippen molar-refractivity contribution in [3.63, 3.8) is 0 Å². The van der Waals surface area contributed by atoms with Crippen molar-refractivity contribution in [3.8, 4) is 16.9 Å². The monoisotopic (exact) mass is 292 g/mol. The van der Waals surface area contributed by atoms with Gasteiger partial charge in [0.15, 0.2) is 11.6 Å². The molecule has 0 spiro atoms. The van der Waals surface area contributed by atoms with E-state index in [9.17, 15) is 0 Å². The van der Waals surface area contributed by atoms with Gasteiger partial charge in [-0.3, -0.25) is 4.99 Å². The first-order valence-corrected chi connectivity index (χ1v) is 7.31. The lowest BCUT2D eigenvalue weighted by atomic mass is 9.98. The van der Waals surface area contributed by atoms with Crippen molar-refractivity contribution in [1.29, 1.82) is 0 Å². The summed E-state index contributed by atoms with van der Waals surface area (Å²) in [7, 11) is 1.69. The van der Waals surface area contributed by atoms with E-state index < -0.39 is 0 Å². The molecular formula is C18H16N2O2. The highest BCUT2D eigenvalue weighted by Gasteiger charge is 2.19. The molecule has 0 amide bonds. The number of fused-ring (bicyclic) bond motifs is 1. The highest BCUT2D eigenvalue weighted by molar-refractivity contribution is 6.13. The third kappa shape index (κ3) is 1.96. The quantitative estimate of drug-likeness (QED) is 0.804. The molecule has 4 heteroatoms. The lowest BCUT2D eigenvalue weighted by Crippen LogP contribution is -2.19. The summed E-state index contributed by atoms with van der Waals surface area (Å²) in [4.78, 5) is 4.49. The zero-order valence-electron chi connectivity index (χ0n) is 12.3. The molecule has 0 radical (unpaired) electrons. The molecule has 3 aromatic rings. The minimum Gasteiger partial charge on any atom is -0.496 e. The van der Waals surface area contributed by atoms with E-state index in [4.69, 9.17) is 9.15 Å². The van der Waals surface area contributed by atoms with Crippen LogP contribution in [0.15, 0.2) is 58.1 Å². The fourth-order valence-electron chi connectivity index (χ4n) is 2.92. The molecule has 2 heterocycles. The Morgan fingerprint density at radius 1 is 1.09 bits per heavy atom. The van der Waals surface area contributed by atoms with E-state index in [0.717, 1.165) is 52.3 Å². The minimum absolute atomic E-state index is 0.786. The molecule has 0 saturated carbocycles. The maximum Gasteiger partial charge on any atom is 0.176 e. The second kappa shape index (κ2) is 5.22. The van der Waals surface area contributed by atoms with Gasteiger partial charge in [0.1, 0.15) is 5.75 Å². The standard InChI is InChI=1S/C18H16N2O2/c1-21-15-8-3-2-6-13(15)14-7-4-5-12-11-22-17(16(12)14)18-19-9-10-20-18/h2-8,11H,9-10H2,1H3,(H,19,20). The van der Waals surface area contributed by atoms with E-state index in [1.165, 1.54) is 0 Å². The third-order valence-corrected chi connectivity index (χ3v) is 3.91. The van der Waals surface area contributed by atoms with Gasteiger partial charge in [-0.1, -0.05) is 36.4 Å². The van der Waals surface area contributed by atoms with Crippen molar-refractivity contribution in [2.45, 2.75) is 0 Å². The van der Waals surface area contributed by atoms with Gasteiger partial charge in [0.05, 0.1) is 19.9 Å². The Kier molecular flexibility index (Phi) is 3.07. The van der Waals surface area contributed by atoms with Crippen molar-refractivity contribution >= 4 is 16.6 Å². The van der Waals surface area contributed by atoms with E-state index >= 15 is 0 Å². The van der Waals surface area contributed by atoms with Gasteiger partial charge in [-0.2, -0.15) is 0 Å². The lowest BCUT2D eigenvalue weighted by molar-refractivity contribution is 0.416. The van der Waals surface area contributed by atoms with E-state index in [2.05, 4.69) is 28.5 Å². The Hall–Kier alpha value is -2.75. The first kappa shape index (κ1) is 13.0. The van der Waals surface area contributed by atoms with Crippen LogP contribution in [-0.4, -0.2) is 26.0 Å². The van der Waals surface area contributed by atoms with Crippen molar-refractivity contribution in [2.24, 2.45) is 4.99 Å². The summed E-state index contributed by atoms with van der Waals surface area (Å²) in [5.74, 6) is 2.48. The number of nitrogens with zero attached hydrogens (tertiary/aromatic N) is 1. The van der Waals surface area contributed by atoms with Crippen LogP contribution < -0.4 is 10.1 Å². The summed E-state index contributed by atoms with van der Waals surface area (Å²) >= 11 is 0. The van der Waals surface area contributed by atoms with Crippen LogP contribution in [0.5, 0.6) is 5.75 Å². The number of amidine groups is 1. The second-order valence-electron chi connectivity index (χ2n) is 5.19. The number of rotatable bonds is 3. The molecule has 0 atom stereocenters.